The number of halogens is 2. The van der Waals surface area contributed by atoms with Gasteiger partial charge in [0.2, 0.25) is 0 Å². The normalized spacial score (nSPS) is 11.8. The summed E-state index contributed by atoms with van der Waals surface area (Å²) in [6.45, 7) is -0.0821. The number of allylic oxidation sites excluding steroid dienone is 1. The largest absolute Gasteiger partial charge is 0.325 e. The molecule has 0 aliphatic rings. The average Bonchev–Trinajstić information content (AvgIpc) is 2.16. The smallest absolute Gasteiger partial charge is 0.123 e. The van der Waals surface area contributed by atoms with Gasteiger partial charge in [-0.3, -0.25) is 0 Å². The maximum atomic E-state index is 12.6. The molecule has 0 atom stereocenters. The second kappa shape index (κ2) is 4.72. The fourth-order valence-corrected chi connectivity index (χ4v) is 0.932. The minimum Gasteiger partial charge on any atom is -0.325 e. The van der Waals surface area contributed by atoms with Gasteiger partial charge >= 0.3 is 0 Å². The Hall–Kier alpha value is -1.22. The van der Waals surface area contributed by atoms with Crippen LogP contribution in [0.15, 0.2) is 36.2 Å². The average molecular weight is 183 g/mol. The molecular weight excluding hydrogens is 172 g/mol. The lowest BCUT2D eigenvalue weighted by molar-refractivity contribution is 0.613. The third kappa shape index (κ3) is 3.34. The summed E-state index contributed by atoms with van der Waals surface area (Å²) in [4.78, 5) is 0. The molecule has 70 valence electrons. The Labute approximate surface area is 75.9 Å². The Bertz CT molecular complexity index is 290. The lowest BCUT2D eigenvalue weighted by atomic mass is 10.1. The van der Waals surface area contributed by atoms with Crippen LogP contribution in [0.5, 0.6) is 0 Å². The second-order valence-electron chi connectivity index (χ2n) is 2.69. The quantitative estimate of drug-likeness (QED) is 0.763. The van der Waals surface area contributed by atoms with Gasteiger partial charge in [0, 0.05) is 6.54 Å². The van der Waals surface area contributed by atoms with E-state index in [2.05, 4.69) is 0 Å². The highest BCUT2D eigenvalue weighted by atomic mass is 19.1. The monoisotopic (exact) mass is 183 g/mol. The van der Waals surface area contributed by atoms with Crippen LogP contribution in [0.2, 0.25) is 0 Å². The maximum absolute atomic E-state index is 12.6. The Morgan fingerprint density at radius 2 is 1.92 bits per heavy atom. The van der Waals surface area contributed by atoms with Crippen molar-refractivity contribution in [1.82, 2.24) is 0 Å². The third-order valence-corrected chi connectivity index (χ3v) is 1.67. The van der Waals surface area contributed by atoms with Crippen molar-refractivity contribution in [2.45, 2.75) is 6.42 Å². The molecule has 0 aromatic heterocycles. The van der Waals surface area contributed by atoms with Crippen LogP contribution < -0.4 is 5.73 Å². The molecule has 3 heteroatoms. The first-order valence-corrected chi connectivity index (χ1v) is 4.01. The van der Waals surface area contributed by atoms with Gasteiger partial charge in [0.25, 0.3) is 0 Å². The van der Waals surface area contributed by atoms with Gasteiger partial charge in [-0.25, -0.2) is 8.78 Å². The molecule has 1 rings (SSSR count). The van der Waals surface area contributed by atoms with Gasteiger partial charge in [0.15, 0.2) is 0 Å². The predicted octanol–water partition coefficient (Wildman–Crippen LogP) is 2.18. The molecule has 0 unspecified atom stereocenters. The van der Waals surface area contributed by atoms with Gasteiger partial charge in [-0.1, -0.05) is 12.1 Å². The molecule has 0 spiro atoms. The van der Waals surface area contributed by atoms with Gasteiger partial charge in [-0.2, -0.15) is 0 Å². The Kier molecular flexibility index (Phi) is 3.58. The van der Waals surface area contributed by atoms with E-state index in [4.69, 9.17) is 5.73 Å². The fraction of sp³-hybridized carbons (Fsp3) is 0.200. The predicted molar refractivity (Wildman–Crippen MR) is 48.3 cm³/mol. The molecule has 0 aliphatic carbocycles. The van der Waals surface area contributed by atoms with Gasteiger partial charge < -0.3 is 5.73 Å². The summed E-state index contributed by atoms with van der Waals surface area (Å²) in [6, 6.07) is 5.94. The number of rotatable bonds is 3. The van der Waals surface area contributed by atoms with Gasteiger partial charge in [-0.05, 0) is 30.2 Å². The topological polar surface area (TPSA) is 26.0 Å². The SMILES string of the molecule is NC/C(F)=C/Cc1ccc(F)cc1. The van der Waals surface area contributed by atoms with Gasteiger partial charge in [0.05, 0.1) is 0 Å². The van der Waals surface area contributed by atoms with Crippen molar-refractivity contribution < 1.29 is 8.78 Å². The maximum Gasteiger partial charge on any atom is 0.123 e. The summed E-state index contributed by atoms with van der Waals surface area (Å²) in [5.41, 5.74) is 5.92. The van der Waals surface area contributed by atoms with E-state index in [1.165, 1.54) is 18.2 Å². The van der Waals surface area contributed by atoms with E-state index in [9.17, 15) is 8.78 Å². The first-order valence-electron chi connectivity index (χ1n) is 4.01. The van der Waals surface area contributed by atoms with Crippen molar-refractivity contribution in [2.75, 3.05) is 6.54 Å². The molecule has 0 bridgehead atoms. The third-order valence-electron chi connectivity index (χ3n) is 1.67. The molecule has 0 aliphatic heterocycles. The number of hydrogen-bond acceptors (Lipinski definition) is 1. The highest BCUT2D eigenvalue weighted by Gasteiger charge is 1.93. The molecule has 0 fully saturated rings. The standard InChI is InChI=1S/C10H11F2N/c11-9-4-1-8(2-5-9)3-6-10(12)7-13/h1-2,4-6H,3,7,13H2/b10-6-. The molecule has 0 radical (unpaired) electrons. The zero-order valence-corrected chi connectivity index (χ0v) is 7.13. The Morgan fingerprint density at radius 1 is 1.31 bits per heavy atom. The first kappa shape index (κ1) is 9.86. The van der Waals surface area contributed by atoms with Crippen LogP contribution in [0.3, 0.4) is 0 Å². The van der Waals surface area contributed by atoms with E-state index < -0.39 is 0 Å². The summed E-state index contributed by atoms with van der Waals surface area (Å²) in [5.74, 6) is -0.628. The van der Waals surface area contributed by atoms with E-state index in [1.807, 2.05) is 0 Å². The Balaban J connectivity index is 2.60. The highest BCUT2D eigenvalue weighted by Crippen LogP contribution is 2.05. The van der Waals surface area contributed by atoms with Gasteiger partial charge in [0.1, 0.15) is 11.6 Å². The summed E-state index contributed by atoms with van der Waals surface area (Å²) in [7, 11) is 0. The van der Waals surface area contributed by atoms with Crippen molar-refractivity contribution in [3.8, 4) is 0 Å². The van der Waals surface area contributed by atoms with Crippen molar-refractivity contribution in [3.63, 3.8) is 0 Å². The van der Waals surface area contributed by atoms with Crippen molar-refractivity contribution in [2.24, 2.45) is 5.73 Å². The zero-order chi connectivity index (χ0) is 9.68. The fourth-order valence-electron chi connectivity index (χ4n) is 0.932. The lowest BCUT2D eigenvalue weighted by Gasteiger charge is -1.96. The van der Waals surface area contributed by atoms with Crippen LogP contribution in [-0.4, -0.2) is 6.54 Å². The lowest BCUT2D eigenvalue weighted by Crippen LogP contribution is -1.99. The van der Waals surface area contributed by atoms with E-state index >= 15 is 0 Å². The van der Waals surface area contributed by atoms with Crippen LogP contribution in [0.4, 0.5) is 8.78 Å². The number of hydrogen-bond donors (Lipinski definition) is 1. The molecule has 0 heterocycles. The summed E-state index contributed by atoms with van der Waals surface area (Å²) >= 11 is 0. The van der Waals surface area contributed by atoms with Crippen LogP contribution in [0, 0.1) is 5.82 Å². The molecule has 0 saturated heterocycles. The van der Waals surface area contributed by atoms with E-state index in [1.54, 1.807) is 12.1 Å². The Morgan fingerprint density at radius 3 is 2.46 bits per heavy atom. The first-order chi connectivity index (χ1) is 6.22. The molecule has 1 nitrogen and oxygen atoms in total. The molecule has 13 heavy (non-hydrogen) atoms. The van der Waals surface area contributed by atoms with Crippen molar-refractivity contribution in [3.05, 3.63) is 47.5 Å². The summed E-state index contributed by atoms with van der Waals surface area (Å²) in [6.07, 6.45) is 1.84. The van der Waals surface area contributed by atoms with Crippen molar-refractivity contribution >= 4 is 0 Å². The second-order valence-corrected chi connectivity index (χ2v) is 2.69. The number of nitrogens with two attached hydrogens (primary N) is 1. The van der Waals surface area contributed by atoms with Crippen LogP contribution in [-0.2, 0) is 6.42 Å². The van der Waals surface area contributed by atoms with E-state index in [0.717, 1.165) is 5.56 Å². The molecule has 0 saturated carbocycles. The minimum atomic E-state index is -0.343. The summed E-state index contributed by atoms with van der Waals surface area (Å²) in [5, 5.41) is 0. The molecule has 1 aromatic carbocycles. The zero-order valence-electron chi connectivity index (χ0n) is 7.13. The summed E-state index contributed by atoms with van der Waals surface area (Å²) < 4.78 is 25.0. The molecule has 1 aromatic rings. The van der Waals surface area contributed by atoms with Gasteiger partial charge in [-0.15, -0.1) is 0 Å². The molecule has 2 N–H and O–H groups in total. The molecule has 0 amide bonds. The molecular formula is C10H11F2N. The number of benzene rings is 1. The minimum absolute atomic E-state index is 0.0821. The van der Waals surface area contributed by atoms with Crippen LogP contribution in [0.1, 0.15) is 5.56 Å². The van der Waals surface area contributed by atoms with Crippen molar-refractivity contribution in [1.29, 1.82) is 0 Å². The van der Waals surface area contributed by atoms with E-state index in [-0.39, 0.29) is 18.2 Å². The van der Waals surface area contributed by atoms with Crippen LogP contribution in [0.25, 0.3) is 0 Å². The van der Waals surface area contributed by atoms with Crippen LogP contribution >= 0.6 is 0 Å². The van der Waals surface area contributed by atoms with E-state index in [0.29, 0.717) is 6.42 Å². The highest BCUT2D eigenvalue weighted by molar-refractivity contribution is 5.19.